The minimum absolute atomic E-state index is 0.601. The van der Waals surface area contributed by atoms with Crippen molar-refractivity contribution >= 4 is 12.2 Å². The SMILES string of the molecule is Cc1ccc(-c2nc(=S)cc(CC(C)C)[nH]2)cc1. The molecule has 3 heteroatoms. The van der Waals surface area contributed by atoms with E-state index >= 15 is 0 Å². The highest BCUT2D eigenvalue weighted by molar-refractivity contribution is 7.71. The van der Waals surface area contributed by atoms with Crippen molar-refractivity contribution in [1.82, 2.24) is 9.97 Å². The summed E-state index contributed by atoms with van der Waals surface area (Å²) in [7, 11) is 0. The van der Waals surface area contributed by atoms with Crippen molar-refractivity contribution in [3.05, 3.63) is 46.2 Å². The first-order valence-electron chi connectivity index (χ1n) is 6.22. The van der Waals surface area contributed by atoms with Crippen LogP contribution in [0.5, 0.6) is 0 Å². The molecule has 0 unspecified atom stereocenters. The Morgan fingerprint density at radius 2 is 1.89 bits per heavy atom. The molecule has 2 rings (SSSR count). The fourth-order valence-corrected chi connectivity index (χ4v) is 2.14. The van der Waals surface area contributed by atoms with Gasteiger partial charge in [0.1, 0.15) is 10.5 Å². The normalized spacial score (nSPS) is 10.9. The molecule has 1 N–H and O–H groups in total. The van der Waals surface area contributed by atoms with Crippen molar-refractivity contribution in [2.24, 2.45) is 5.92 Å². The van der Waals surface area contributed by atoms with Crippen LogP contribution in [0.3, 0.4) is 0 Å². The Balaban J connectivity index is 2.41. The van der Waals surface area contributed by atoms with Gasteiger partial charge in [-0.15, -0.1) is 0 Å². The average molecular weight is 258 g/mol. The van der Waals surface area contributed by atoms with Gasteiger partial charge in [0, 0.05) is 11.3 Å². The van der Waals surface area contributed by atoms with Crippen LogP contribution in [-0.2, 0) is 6.42 Å². The average Bonchev–Trinajstić information content (AvgIpc) is 2.28. The summed E-state index contributed by atoms with van der Waals surface area (Å²) in [4.78, 5) is 7.77. The standard InChI is InChI=1S/C15H18N2S/c1-10(2)8-13-9-14(18)17-15(16-13)12-6-4-11(3)5-7-12/h4-7,9-10H,8H2,1-3H3,(H,16,17,18). The van der Waals surface area contributed by atoms with E-state index in [1.165, 1.54) is 5.56 Å². The Morgan fingerprint density at radius 1 is 1.22 bits per heavy atom. The number of benzene rings is 1. The molecular weight excluding hydrogens is 240 g/mol. The highest BCUT2D eigenvalue weighted by Crippen LogP contribution is 2.17. The van der Waals surface area contributed by atoms with E-state index in [1.54, 1.807) is 0 Å². The molecule has 1 aromatic carbocycles. The lowest BCUT2D eigenvalue weighted by Crippen LogP contribution is -2.00. The van der Waals surface area contributed by atoms with Crippen molar-refractivity contribution in [2.75, 3.05) is 0 Å². The Morgan fingerprint density at radius 3 is 2.50 bits per heavy atom. The maximum absolute atomic E-state index is 5.23. The molecule has 0 saturated heterocycles. The van der Waals surface area contributed by atoms with Crippen molar-refractivity contribution in [3.63, 3.8) is 0 Å². The quantitative estimate of drug-likeness (QED) is 0.831. The predicted molar refractivity (Wildman–Crippen MR) is 78.1 cm³/mol. The summed E-state index contributed by atoms with van der Waals surface area (Å²) < 4.78 is 0.653. The fraction of sp³-hybridized carbons (Fsp3) is 0.333. The molecule has 1 aromatic heterocycles. The third-order valence-electron chi connectivity index (χ3n) is 2.75. The van der Waals surface area contributed by atoms with Gasteiger partial charge < -0.3 is 4.98 Å². The number of hydrogen-bond donors (Lipinski definition) is 1. The zero-order valence-electron chi connectivity index (χ0n) is 11.0. The molecule has 0 atom stereocenters. The van der Waals surface area contributed by atoms with Crippen LogP contribution in [0.15, 0.2) is 30.3 Å². The molecule has 0 fully saturated rings. The first-order valence-corrected chi connectivity index (χ1v) is 6.62. The minimum atomic E-state index is 0.601. The maximum atomic E-state index is 5.23. The van der Waals surface area contributed by atoms with Gasteiger partial charge in [-0.3, -0.25) is 0 Å². The highest BCUT2D eigenvalue weighted by Gasteiger charge is 2.04. The number of nitrogens with one attached hydrogen (secondary N) is 1. The molecule has 18 heavy (non-hydrogen) atoms. The summed E-state index contributed by atoms with van der Waals surface area (Å²) in [5.41, 5.74) is 3.48. The molecule has 0 aliphatic rings. The van der Waals surface area contributed by atoms with E-state index in [0.717, 1.165) is 23.5 Å². The van der Waals surface area contributed by atoms with Crippen molar-refractivity contribution in [2.45, 2.75) is 27.2 Å². The molecule has 0 bridgehead atoms. The lowest BCUT2D eigenvalue weighted by atomic mass is 10.1. The number of aryl methyl sites for hydroxylation is 1. The topological polar surface area (TPSA) is 28.7 Å². The van der Waals surface area contributed by atoms with Gasteiger partial charge in [-0.05, 0) is 25.3 Å². The zero-order chi connectivity index (χ0) is 13.1. The Kier molecular flexibility index (Phi) is 3.92. The zero-order valence-corrected chi connectivity index (χ0v) is 11.8. The van der Waals surface area contributed by atoms with Crippen LogP contribution in [0.4, 0.5) is 0 Å². The van der Waals surface area contributed by atoms with Gasteiger partial charge in [0.15, 0.2) is 0 Å². The molecule has 2 nitrogen and oxygen atoms in total. The van der Waals surface area contributed by atoms with Gasteiger partial charge in [0.05, 0.1) is 0 Å². The Hall–Kier alpha value is -1.48. The van der Waals surface area contributed by atoms with Crippen LogP contribution >= 0.6 is 12.2 Å². The molecule has 2 aromatic rings. The van der Waals surface area contributed by atoms with Crippen LogP contribution in [0.25, 0.3) is 11.4 Å². The minimum Gasteiger partial charge on any atom is -0.343 e. The van der Waals surface area contributed by atoms with Crippen molar-refractivity contribution in [3.8, 4) is 11.4 Å². The van der Waals surface area contributed by atoms with E-state index in [1.807, 2.05) is 6.07 Å². The summed E-state index contributed by atoms with van der Waals surface area (Å²) >= 11 is 5.23. The number of aromatic nitrogens is 2. The third kappa shape index (κ3) is 3.26. The Labute approximate surface area is 113 Å². The van der Waals surface area contributed by atoms with Crippen molar-refractivity contribution < 1.29 is 0 Å². The number of hydrogen-bond acceptors (Lipinski definition) is 2. The van der Waals surface area contributed by atoms with Crippen LogP contribution in [0.2, 0.25) is 0 Å². The lowest BCUT2D eigenvalue weighted by molar-refractivity contribution is 0.634. The first-order chi connectivity index (χ1) is 8.54. The Bertz CT molecular complexity index is 582. The number of H-pyrrole nitrogens is 1. The van der Waals surface area contributed by atoms with Gasteiger partial charge >= 0.3 is 0 Å². The van der Waals surface area contributed by atoms with Crippen LogP contribution < -0.4 is 0 Å². The summed E-state index contributed by atoms with van der Waals surface area (Å²) in [6, 6.07) is 10.3. The van der Waals surface area contributed by atoms with Gasteiger partial charge in [-0.2, -0.15) is 0 Å². The fourth-order valence-electron chi connectivity index (χ4n) is 1.91. The maximum Gasteiger partial charge on any atom is 0.139 e. The smallest absolute Gasteiger partial charge is 0.139 e. The number of nitrogens with zero attached hydrogens (tertiary/aromatic N) is 1. The van der Waals surface area contributed by atoms with Gasteiger partial charge in [0.25, 0.3) is 0 Å². The second kappa shape index (κ2) is 5.44. The molecule has 0 spiro atoms. The van der Waals surface area contributed by atoms with E-state index < -0.39 is 0 Å². The lowest BCUT2D eigenvalue weighted by Gasteiger charge is -2.08. The summed E-state index contributed by atoms with van der Waals surface area (Å²) in [5.74, 6) is 1.46. The van der Waals surface area contributed by atoms with E-state index in [0.29, 0.717) is 10.6 Å². The summed E-state index contributed by atoms with van der Waals surface area (Å²) in [5, 5.41) is 0. The number of aromatic amines is 1. The van der Waals surface area contributed by atoms with E-state index in [4.69, 9.17) is 12.2 Å². The van der Waals surface area contributed by atoms with E-state index in [-0.39, 0.29) is 0 Å². The van der Waals surface area contributed by atoms with Crippen LogP contribution in [0.1, 0.15) is 25.1 Å². The second-order valence-electron chi connectivity index (χ2n) is 5.06. The number of rotatable bonds is 3. The van der Waals surface area contributed by atoms with Crippen molar-refractivity contribution in [1.29, 1.82) is 0 Å². The molecule has 94 valence electrons. The molecule has 0 aliphatic heterocycles. The van der Waals surface area contributed by atoms with Crippen LogP contribution in [-0.4, -0.2) is 9.97 Å². The molecule has 1 heterocycles. The van der Waals surface area contributed by atoms with Gasteiger partial charge in [0.2, 0.25) is 0 Å². The predicted octanol–water partition coefficient (Wildman–Crippen LogP) is 4.31. The van der Waals surface area contributed by atoms with Crippen LogP contribution in [0, 0.1) is 17.5 Å². The molecular formula is C15H18N2S. The van der Waals surface area contributed by atoms with Gasteiger partial charge in [-0.1, -0.05) is 55.9 Å². The third-order valence-corrected chi connectivity index (χ3v) is 2.96. The largest absolute Gasteiger partial charge is 0.343 e. The second-order valence-corrected chi connectivity index (χ2v) is 5.48. The highest BCUT2D eigenvalue weighted by atomic mass is 32.1. The molecule has 0 saturated carbocycles. The van der Waals surface area contributed by atoms with E-state index in [9.17, 15) is 0 Å². The monoisotopic (exact) mass is 258 g/mol. The molecule has 0 radical (unpaired) electrons. The summed E-state index contributed by atoms with van der Waals surface area (Å²) in [6.45, 7) is 6.47. The molecule has 0 aliphatic carbocycles. The van der Waals surface area contributed by atoms with Gasteiger partial charge in [-0.25, -0.2) is 4.98 Å². The van der Waals surface area contributed by atoms with E-state index in [2.05, 4.69) is 55.0 Å². The first kappa shape index (κ1) is 13.0. The molecule has 0 amide bonds. The summed E-state index contributed by atoms with van der Waals surface area (Å²) in [6.07, 6.45) is 0.991.